The summed E-state index contributed by atoms with van der Waals surface area (Å²) < 4.78 is 34.0. The molecule has 18 nitrogen and oxygen atoms in total. The highest BCUT2D eigenvalue weighted by Gasteiger charge is 2.37. The van der Waals surface area contributed by atoms with E-state index >= 15 is 8.78 Å². The van der Waals surface area contributed by atoms with Crippen LogP contribution in [0.4, 0.5) is 26.1 Å². The molecule has 0 radical (unpaired) electrons. The number of phenols is 1. The van der Waals surface area contributed by atoms with E-state index in [0.29, 0.717) is 57.9 Å². The van der Waals surface area contributed by atoms with Gasteiger partial charge in [0.2, 0.25) is 11.8 Å². The molecule has 2 aromatic carbocycles. The minimum atomic E-state index is -0.786. The number of nitrogen functional groups attached to an aromatic ring is 1. The molecule has 0 saturated carbocycles. The average molecular weight is 1180 g/mol. The molecule has 2 aliphatic heterocycles. The molecule has 4 atom stereocenters. The van der Waals surface area contributed by atoms with E-state index in [1.54, 1.807) is 59.3 Å². The summed E-state index contributed by atoms with van der Waals surface area (Å²) in [6.45, 7) is 23.7. The van der Waals surface area contributed by atoms with Crippen molar-refractivity contribution in [3.8, 4) is 39.6 Å². The molecule has 8 heterocycles. The number of amides is 2. The largest absolute Gasteiger partial charge is 0.507 e. The van der Waals surface area contributed by atoms with E-state index in [1.165, 1.54) is 51.6 Å². The van der Waals surface area contributed by atoms with Crippen LogP contribution in [-0.2, 0) is 9.59 Å². The minimum Gasteiger partial charge on any atom is -0.507 e. The third-order valence-electron chi connectivity index (χ3n) is 15.7. The summed E-state index contributed by atoms with van der Waals surface area (Å²) in [6, 6.07) is 13.4. The second-order valence-electron chi connectivity index (χ2n) is 22.3. The van der Waals surface area contributed by atoms with Gasteiger partial charge in [0.05, 0.1) is 71.8 Å². The number of phenolic OH excluding ortho intramolecular Hbond substituents is 1. The molecule has 4 unspecified atom stereocenters. The Morgan fingerprint density at radius 3 is 1.68 bits per heavy atom. The second kappa shape index (κ2) is 22.9. The zero-order valence-electron chi connectivity index (χ0n) is 48.1. The number of nitrogens with two attached hydrogens (primary N) is 1. The summed E-state index contributed by atoms with van der Waals surface area (Å²) in [5.74, 6) is -2.26. The van der Waals surface area contributed by atoms with E-state index in [1.807, 2.05) is 72.1 Å². The van der Waals surface area contributed by atoms with Gasteiger partial charge in [-0.2, -0.15) is 9.97 Å². The highest BCUT2D eigenvalue weighted by molar-refractivity contribution is 6.34. The van der Waals surface area contributed by atoms with Crippen LogP contribution in [0.1, 0.15) is 95.4 Å². The van der Waals surface area contributed by atoms with Crippen LogP contribution in [0.2, 0.25) is 10.0 Å². The Hall–Kier alpha value is -8.62. The predicted octanol–water partition coefficient (Wildman–Crippen LogP) is 10.5. The van der Waals surface area contributed by atoms with Crippen molar-refractivity contribution >= 4 is 80.5 Å². The number of carbonyl (C=O) groups is 2. The first-order valence-electron chi connectivity index (χ1n) is 27.6. The quantitative estimate of drug-likeness (QED) is 0.0911. The van der Waals surface area contributed by atoms with Gasteiger partial charge in [0.15, 0.2) is 11.3 Å². The van der Waals surface area contributed by atoms with E-state index in [2.05, 4.69) is 16.5 Å². The molecule has 8 aromatic rings. The van der Waals surface area contributed by atoms with Gasteiger partial charge < -0.3 is 30.4 Å². The van der Waals surface area contributed by atoms with E-state index in [0.717, 1.165) is 5.56 Å². The number of anilines is 3. The van der Waals surface area contributed by atoms with Gasteiger partial charge in [-0.1, -0.05) is 69.6 Å². The number of piperazine rings is 2. The molecule has 84 heavy (non-hydrogen) atoms. The lowest BCUT2D eigenvalue weighted by atomic mass is 10.0. The summed E-state index contributed by atoms with van der Waals surface area (Å²) in [5.41, 5.74) is 8.63. The fourth-order valence-electron chi connectivity index (χ4n) is 11.5. The first kappa shape index (κ1) is 58.6. The first-order chi connectivity index (χ1) is 39.9. The van der Waals surface area contributed by atoms with Crippen molar-refractivity contribution in [2.45, 2.75) is 105 Å². The van der Waals surface area contributed by atoms with Crippen molar-refractivity contribution in [1.29, 1.82) is 0 Å². The average Bonchev–Trinajstić information content (AvgIpc) is 1.09. The predicted molar refractivity (Wildman–Crippen MR) is 326 cm³/mol. The van der Waals surface area contributed by atoms with Gasteiger partial charge in [-0.3, -0.25) is 19.6 Å². The number of pyridine rings is 4. The minimum absolute atomic E-state index is 0.0111. The van der Waals surface area contributed by atoms with Crippen molar-refractivity contribution < 1.29 is 23.5 Å². The van der Waals surface area contributed by atoms with Gasteiger partial charge in [-0.05, 0) is 125 Å². The number of aromatic nitrogens is 8. The maximum absolute atomic E-state index is 15.7. The van der Waals surface area contributed by atoms with Gasteiger partial charge in [0.25, 0.3) is 0 Å². The molecule has 3 N–H and O–H groups in total. The number of halogens is 4. The van der Waals surface area contributed by atoms with E-state index in [-0.39, 0.29) is 110 Å². The number of rotatable bonds is 11. The van der Waals surface area contributed by atoms with Crippen molar-refractivity contribution in [2.75, 3.05) is 41.7 Å². The van der Waals surface area contributed by atoms with Crippen LogP contribution in [0.25, 0.3) is 62.0 Å². The fourth-order valence-corrected chi connectivity index (χ4v) is 12.0. The molecule has 2 aliphatic rings. The van der Waals surface area contributed by atoms with Crippen LogP contribution < -0.4 is 26.9 Å². The smallest absolute Gasteiger partial charge is 0.355 e. The molecule has 434 valence electrons. The number of carbonyl (C=O) groups excluding carboxylic acids is 2. The van der Waals surface area contributed by atoms with E-state index < -0.39 is 40.8 Å². The number of fused-ring (bicyclic) bond motifs is 2. The normalized spacial score (nSPS) is 17.6. The standard InChI is InChI=1S/C62H63Cl2F2N13O5/c1-12-47(81)74-26-36(10)76(28-34(74)8)58-40-25-42(64)54(50-44(66)16-14-18-46(50)80)71-60(40)79(62(84)73-58)56-33(7)23-38(69-52(56)31(4)5)19-20-48(82)75-27-37(11)77(29-35(75)9)57-39-24-41(63)53(49-43(65)15-13-17-45(49)67)70-59(39)78(61(83)72-57)55-32(6)21-22-68-51(55)30(2)3/h12-25,30-31,34-37,80H,1,26-29,67H2,2-11H3/b20-19-. The lowest BCUT2D eigenvalue weighted by Gasteiger charge is -2.44. The van der Waals surface area contributed by atoms with Gasteiger partial charge >= 0.3 is 11.4 Å². The van der Waals surface area contributed by atoms with Crippen LogP contribution >= 0.6 is 23.2 Å². The second-order valence-corrected chi connectivity index (χ2v) is 23.1. The van der Waals surface area contributed by atoms with Crippen LogP contribution in [-0.4, -0.2) is 116 Å². The zero-order chi connectivity index (χ0) is 60.5. The summed E-state index contributed by atoms with van der Waals surface area (Å²) >= 11 is 14.0. The Balaban J connectivity index is 1.01. The molecule has 6 aromatic heterocycles. The SMILES string of the molecule is C=CC(=O)N1CC(C)N(c2nc(=O)n(-c3c(C)cc(/C=C\C(=O)N4CC(C)N(c5nc(=O)n(-c6c(C)ccnc6C(C)C)c6nc(-c7c(N)cccc7F)c(Cl)cc56)CC4C)nc3C(C)C)c3nc(-c4c(O)cccc4F)c(Cl)cc23)CC1C. The maximum atomic E-state index is 15.7. The Labute approximate surface area is 493 Å². The van der Waals surface area contributed by atoms with E-state index in [9.17, 15) is 24.3 Å². The molecule has 22 heteroatoms. The lowest BCUT2D eigenvalue weighted by molar-refractivity contribution is -0.129. The van der Waals surface area contributed by atoms with Crippen molar-refractivity contribution in [3.63, 3.8) is 0 Å². The van der Waals surface area contributed by atoms with Crippen LogP contribution in [0.5, 0.6) is 5.75 Å². The molecule has 0 spiro atoms. The van der Waals surface area contributed by atoms with Crippen LogP contribution in [0.3, 0.4) is 0 Å². The number of nitrogens with zero attached hydrogens (tertiary/aromatic N) is 12. The third kappa shape index (κ3) is 10.4. The summed E-state index contributed by atoms with van der Waals surface area (Å²) in [7, 11) is 0. The Bertz CT molecular complexity index is 4150. The van der Waals surface area contributed by atoms with Gasteiger partial charge in [0, 0.05) is 68.3 Å². The molecule has 0 aliphatic carbocycles. The third-order valence-corrected chi connectivity index (χ3v) is 16.3. The number of benzene rings is 2. The lowest BCUT2D eigenvalue weighted by Crippen LogP contribution is -2.58. The van der Waals surface area contributed by atoms with Crippen molar-refractivity contribution in [2.24, 2.45) is 0 Å². The molecule has 2 amide bonds. The number of aryl methyl sites for hydroxylation is 2. The summed E-state index contributed by atoms with van der Waals surface area (Å²) in [4.78, 5) is 92.9. The monoisotopic (exact) mass is 1180 g/mol. The molecular formula is C62H63Cl2F2N13O5. The zero-order valence-corrected chi connectivity index (χ0v) is 49.6. The molecule has 10 rings (SSSR count). The molecular weight excluding hydrogens is 1120 g/mol. The number of hydrogen-bond donors (Lipinski definition) is 2. The number of hydrogen-bond acceptors (Lipinski definition) is 14. The molecule has 2 fully saturated rings. The van der Waals surface area contributed by atoms with Crippen molar-refractivity contribution in [1.82, 2.24) is 48.8 Å². The van der Waals surface area contributed by atoms with Crippen molar-refractivity contribution in [3.05, 3.63) is 156 Å². The Morgan fingerprint density at radius 1 is 0.667 bits per heavy atom. The molecule has 2 saturated heterocycles. The van der Waals surface area contributed by atoms with Gasteiger partial charge in [-0.15, -0.1) is 0 Å². The maximum Gasteiger partial charge on any atom is 0.355 e. The fraction of sp³-hybridized carbons (Fsp3) is 0.323. The highest BCUT2D eigenvalue weighted by atomic mass is 35.5. The van der Waals surface area contributed by atoms with Gasteiger partial charge in [0.1, 0.15) is 29.0 Å². The van der Waals surface area contributed by atoms with E-state index in [4.69, 9.17) is 48.9 Å². The first-order valence-corrected chi connectivity index (χ1v) is 28.4. The Kier molecular flexibility index (Phi) is 15.9. The highest BCUT2D eigenvalue weighted by Crippen LogP contribution is 2.42. The Morgan fingerprint density at radius 2 is 1.17 bits per heavy atom. The summed E-state index contributed by atoms with van der Waals surface area (Å²) in [5, 5.41) is 11.8. The topological polar surface area (TPSA) is 215 Å². The summed E-state index contributed by atoms with van der Waals surface area (Å²) in [6.07, 6.45) is 6.00. The number of aromatic hydroxyl groups is 1. The van der Waals surface area contributed by atoms with Gasteiger partial charge in [-0.25, -0.2) is 37.5 Å². The van der Waals surface area contributed by atoms with Crippen LogP contribution in [0.15, 0.2) is 95.2 Å². The molecule has 0 bridgehead atoms. The van der Waals surface area contributed by atoms with Crippen LogP contribution in [0, 0.1) is 25.5 Å².